The summed E-state index contributed by atoms with van der Waals surface area (Å²) in [6.07, 6.45) is 5.66. The Balaban J connectivity index is 2.26. The molecule has 1 heterocycles. The molecule has 0 saturated carbocycles. The van der Waals surface area contributed by atoms with Crippen LogP contribution in [-0.4, -0.2) is 32.0 Å². The highest BCUT2D eigenvalue weighted by Gasteiger charge is 2.05. The maximum Gasteiger partial charge on any atom is 0.0522 e. The number of nitrogens with zero attached hydrogens (tertiary/aromatic N) is 2. The van der Waals surface area contributed by atoms with Crippen molar-refractivity contribution in [3.8, 4) is 0 Å². The third-order valence-electron chi connectivity index (χ3n) is 2.84. The second-order valence-corrected chi connectivity index (χ2v) is 6.12. The summed E-state index contributed by atoms with van der Waals surface area (Å²) in [5.41, 5.74) is 1.22. The van der Waals surface area contributed by atoms with Crippen LogP contribution < -0.4 is 5.32 Å². The lowest BCUT2D eigenvalue weighted by molar-refractivity contribution is 0.544. The Labute approximate surface area is 106 Å². The SMILES string of the molecule is CCCn1nccc1CNCCC(C)S(C)=O. The fraction of sp³-hybridized carbons (Fsp3) is 0.750. The van der Waals surface area contributed by atoms with E-state index in [1.54, 1.807) is 6.26 Å². The molecule has 0 fully saturated rings. The van der Waals surface area contributed by atoms with Gasteiger partial charge in [-0.1, -0.05) is 13.8 Å². The maximum atomic E-state index is 11.2. The molecule has 0 aliphatic heterocycles. The molecule has 4 nitrogen and oxygen atoms in total. The van der Waals surface area contributed by atoms with E-state index in [1.165, 1.54) is 5.69 Å². The highest BCUT2D eigenvalue weighted by molar-refractivity contribution is 7.84. The molecule has 0 aliphatic rings. The topological polar surface area (TPSA) is 46.9 Å². The van der Waals surface area contributed by atoms with Crippen LogP contribution in [0.15, 0.2) is 12.3 Å². The number of hydrogen-bond donors (Lipinski definition) is 1. The van der Waals surface area contributed by atoms with Gasteiger partial charge in [-0.15, -0.1) is 0 Å². The van der Waals surface area contributed by atoms with Crippen LogP contribution in [0.3, 0.4) is 0 Å². The Morgan fingerprint density at radius 3 is 3.00 bits per heavy atom. The van der Waals surface area contributed by atoms with Crippen LogP contribution >= 0.6 is 0 Å². The summed E-state index contributed by atoms with van der Waals surface area (Å²) in [6, 6.07) is 2.05. The zero-order valence-corrected chi connectivity index (χ0v) is 11.8. The maximum absolute atomic E-state index is 11.2. The average Bonchev–Trinajstić information content (AvgIpc) is 2.72. The average molecular weight is 257 g/mol. The van der Waals surface area contributed by atoms with Crippen molar-refractivity contribution in [3.63, 3.8) is 0 Å². The van der Waals surface area contributed by atoms with E-state index in [-0.39, 0.29) is 5.25 Å². The minimum Gasteiger partial charge on any atom is -0.311 e. The minimum atomic E-state index is -0.715. The van der Waals surface area contributed by atoms with Gasteiger partial charge in [0, 0.05) is 41.6 Å². The third kappa shape index (κ3) is 5.00. The molecule has 0 aromatic carbocycles. The molecule has 1 rings (SSSR count). The van der Waals surface area contributed by atoms with Gasteiger partial charge >= 0.3 is 0 Å². The molecule has 0 amide bonds. The molecule has 98 valence electrons. The normalized spacial score (nSPS) is 14.8. The molecule has 0 saturated heterocycles. The van der Waals surface area contributed by atoms with Crippen LogP contribution in [0, 0.1) is 0 Å². The van der Waals surface area contributed by atoms with Crippen LogP contribution in [0.4, 0.5) is 0 Å². The lowest BCUT2D eigenvalue weighted by Crippen LogP contribution is -2.22. The molecule has 1 aromatic heterocycles. The number of aryl methyl sites for hydroxylation is 1. The van der Waals surface area contributed by atoms with E-state index in [0.29, 0.717) is 0 Å². The first-order chi connectivity index (χ1) is 8.15. The molecule has 0 aliphatic carbocycles. The molecule has 0 radical (unpaired) electrons. The van der Waals surface area contributed by atoms with Gasteiger partial charge in [0.1, 0.15) is 0 Å². The predicted molar refractivity (Wildman–Crippen MR) is 72.4 cm³/mol. The van der Waals surface area contributed by atoms with Crippen molar-refractivity contribution in [1.82, 2.24) is 15.1 Å². The van der Waals surface area contributed by atoms with E-state index in [2.05, 4.69) is 17.3 Å². The van der Waals surface area contributed by atoms with Gasteiger partial charge in [-0.05, 0) is 25.5 Å². The first-order valence-electron chi connectivity index (χ1n) is 6.18. The Bertz CT molecular complexity index is 351. The lowest BCUT2D eigenvalue weighted by atomic mass is 10.3. The smallest absolute Gasteiger partial charge is 0.0522 e. The summed E-state index contributed by atoms with van der Waals surface area (Å²) in [5.74, 6) is 0. The van der Waals surface area contributed by atoms with Gasteiger partial charge in [0.05, 0.1) is 5.69 Å². The number of nitrogens with one attached hydrogen (secondary N) is 1. The monoisotopic (exact) mass is 257 g/mol. The highest BCUT2D eigenvalue weighted by Crippen LogP contribution is 2.01. The molecular formula is C12H23N3OS. The van der Waals surface area contributed by atoms with Gasteiger partial charge < -0.3 is 5.32 Å². The Hall–Kier alpha value is -0.680. The Morgan fingerprint density at radius 2 is 2.35 bits per heavy atom. The molecule has 17 heavy (non-hydrogen) atoms. The van der Waals surface area contributed by atoms with E-state index < -0.39 is 10.8 Å². The largest absolute Gasteiger partial charge is 0.311 e. The highest BCUT2D eigenvalue weighted by atomic mass is 32.2. The van der Waals surface area contributed by atoms with Gasteiger partial charge in [0.2, 0.25) is 0 Å². The van der Waals surface area contributed by atoms with Gasteiger partial charge in [0.15, 0.2) is 0 Å². The Morgan fingerprint density at radius 1 is 1.59 bits per heavy atom. The van der Waals surface area contributed by atoms with Gasteiger partial charge in [-0.25, -0.2) is 0 Å². The van der Waals surface area contributed by atoms with Crippen LogP contribution in [0.25, 0.3) is 0 Å². The number of hydrogen-bond acceptors (Lipinski definition) is 3. The fourth-order valence-electron chi connectivity index (χ4n) is 1.61. The second kappa shape index (κ2) is 7.61. The molecule has 0 spiro atoms. The van der Waals surface area contributed by atoms with Crippen molar-refractivity contribution in [3.05, 3.63) is 18.0 Å². The standard InChI is InChI=1S/C12H23N3OS/c1-4-9-15-12(6-8-14-15)10-13-7-5-11(2)17(3)16/h6,8,11,13H,4-5,7,9-10H2,1-3H3. The van der Waals surface area contributed by atoms with E-state index >= 15 is 0 Å². The second-order valence-electron chi connectivity index (χ2n) is 4.32. The summed E-state index contributed by atoms with van der Waals surface area (Å²) in [4.78, 5) is 0. The van der Waals surface area contributed by atoms with Crippen molar-refractivity contribution in [2.45, 2.75) is 45.0 Å². The van der Waals surface area contributed by atoms with Crippen LogP contribution in [0.5, 0.6) is 0 Å². The van der Waals surface area contributed by atoms with Gasteiger partial charge in [-0.2, -0.15) is 5.10 Å². The van der Waals surface area contributed by atoms with Crippen LogP contribution in [-0.2, 0) is 23.9 Å². The van der Waals surface area contributed by atoms with Crippen LogP contribution in [0.2, 0.25) is 0 Å². The summed E-state index contributed by atoms with van der Waals surface area (Å²) in [5, 5.41) is 7.92. The van der Waals surface area contributed by atoms with Crippen molar-refractivity contribution in [1.29, 1.82) is 0 Å². The molecule has 2 unspecified atom stereocenters. The predicted octanol–water partition coefficient (Wildman–Crippen LogP) is 1.54. The summed E-state index contributed by atoms with van der Waals surface area (Å²) >= 11 is 0. The van der Waals surface area contributed by atoms with Crippen molar-refractivity contribution in [2.24, 2.45) is 0 Å². The summed E-state index contributed by atoms with van der Waals surface area (Å²) in [7, 11) is -0.715. The molecule has 0 bridgehead atoms. The van der Waals surface area contributed by atoms with Gasteiger partial charge in [-0.3, -0.25) is 8.89 Å². The first-order valence-corrected chi connectivity index (χ1v) is 7.81. The van der Waals surface area contributed by atoms with E-state index in [1.807, 2.05) is 23.9 Å². The Kier molecular flexibility index (Phi) is 6.44. The first kappa shape index (κ1) is 14.4. The molecular weight excluding hydrogens is 234 g/mol. The van der Waals surface area contributed by atoms with Gasteiger partial charge in [0.25, 0.3) is 0 Å². The summed E-state index contributed by atoms with van der Waals surface area (Å²) < 4.78 is 13.2. The fourth-order valence-corrected chi connectivity index (χ4v) is 2.06. The zero-order chi connectivity index (χ0) is 12.7. The summed E-state index contributed by atoms with van der Waals surface area (Å²) in [6.45, 7) is 6.89. The zero-order valence-electron chi connectivity index (χ0n) is 11.0. The molecule has 2 atom stereocenters. The quantitative estimate of drug-likeness (QED) is 0.719. The molecule has 1 aromatic rings. The number of aromatic nitrogens is 2. The van der Waals surface area contributed by atoms with E-state index in [9.17, 15) is 4.21 Å². The van der Waals surface area contributed by atoms with Crippen molar-refractivity contribution >= 4 is 10.8 Å². The van der Waals surface area contributed by atoms with Crippen molar-refractivity contribution in [2.75, 3.05) is 12.8 Å². The molecule has 1 N–H and O–H groups in total. The number of rotatable bonds is 8. The third-order valence-corrected chi connectivity index (χ3v) is 4.21. The van der Waals surface area contributed by atoms with E-state index in [4.69, 9.17) is 0 Å². The van der Waals surface area contributed by atoms with Crippen molar-refractivity contribution < 1.29 is 4.21 Å². The molecule has 5 heteroatoms. The minimum absolute atomic E-state index is 0.267. The van der Waals surface area contributed by atoms with Crippen LogP contribution in [0.1, 0.15) is 32.4 Å². The lowest BCUT2D eigenvalue weighted by Gasteiger charge is -2.10. The van der Waals surface area contributed by atoms with E-state index in [0.717, 1.165) is 32.5 Å².